The number of alkyl halides is 3. The molecule has 0 saturated carbocycles. The Kier molecular flexibility index (Phi) is 4.92. The largest absolute Gasteiger partial charge is 0.417 e. The van der Waals surface area contributed by atoms with E-state index in [9.17, 15) is 22.8 Å². The monoisotopic (exact) mass is 367 g/mol. The highest BCUT2D eigenvalue weighted by molar-refractivity contribution is 5.76. The molecule has 0 aliphatic carbocycles. The molecular weight excluding hydrogens is 351 g/mol. The van der Waals surface area contributed by atoms with Gasteiger partial charge in [0.25, 0.3) is 5.56 Å². The fourth-order valence-electron chi connectivity index (χ4n) is 2.74. The third kappa shape index (κ3) is 4.19. The lowest BCUT2D eigenvalue weighted by molar-refractivity contribution is -0.137. The first-order valence-electron chi connectivity index (χ1n) is 7.92. The predicted octanol–water partition coefficient (Wildman–Crippen LogP) is 1.05. The highest BCUT2D eigenvalue weighted by Gasteiger charge is 2.31. The Morgan fingerprint density at radius 2 is 2.12 bits per heavy atom. The van der Waals surface area contributed by atoms with Gasteiger partial charge in [0.15, 0.2) is 0 Å². The van der Waals surface area contributed by atoms with E-state index in [0.29, 0.717) is 25.3 Å². The molecule has 10 heteroatoms. The maximum absolute atomic E-state index is 12.6. The van der Waals surface area contributed by atoms with Crippen LogP contribution >= 0.6 is 0 Å². The van der Waals surface area contributed by atoms with Crippen LogP contribution in [-0.2, 0) is 17.5 Å². The molecule has 1 atom stereocenters. The maximum Gasteiger partial charge on any atom is 0.417 e. The molecule has 7 nitrogen and oxygen atoms in total. The number of halogens is 3. The summed E-state index contributed by atoms with van der Waals surface area (Å²) < 4.78 is 38.8. The summed E-state index contributed by atoms with van der Waals surface area (Å²) >= 11 is 0. The fourth-order valence-corrected chi connectivity index (χ4v) is 2.74. The molecule has 0 spiro atoms. The number of carbonyl (C=O) groups excluding carboxylic acids is 1. The van der Waals surface area contributed by atoms with Crippen LogP contribution in [0.1, 0.15) is 12.0 Å². The van der Waals surface area contributed by atoms with E-state index in [0.717, 1.165) is 16.9 Å². The van der Waals surface area contributed by atoms with Gasteiger partial charge in [0, 0.05) is 37.6 Å². The first-order chi connectivity index (χ1) is 12.3. The van der Waals surface area contributed by atoms with Crippen LogP contribution in [-0.4, -0.2) is 39.8 Å². The van der Waals surface area contributed by atoms with Crippen molar-refractivity contribution >= 4 is 11.7 Å². The number of anilines is 1. The molecular formula is C16H16F3N5O2. The molecule has 3 heterocycles. The number of aromatic nitrogens is 3. The van der Waals surface area contributed by atoms with Gasteiger partial charge in [-0.15, -0.1) is 0 Å². The van der Waals surface area contributed by atoms with Gasteiger partial charge in [-0.2, -0.15) is 18.3 Å². The van der Waals surface area contributed by atoms with E-state index in [2.05, 4.69) is 15.4 Å². The molecule has 1 unspecified atom stereocenters. The SMILES string of the molecule is O=C(Cn1ncccc1=O)NC1CCN(c2ccc(C(F)(F)F)cn2)C1. The minimum atomic E-state index is -4.42. The summed E-state index contributed by atoms with van der Waals surface area (Å²) in [6, 6.07) is 4.93. The van der Waals surface area contributed by atoms with Crippen LogP contribution in [0.3, 0.4) is 0 Å². The van der Waals surface area contributed by atoms with Crippen molar-refractivity contribution in [2.24, 2.45) is 0 Å². The number of amides is 1. The van der Waals surface area contributed by atoms with Crippen molar-refractivity contribution in [2.75, 3.05) is 18.0 Å². The first-order valence-corrected chi connectivity index (χ1v) is 7.92. The van der Waals surface area contributed by atoms with E-state index in [4.69, 9.17) is 0 Å². The Balaban J connectivity index is 1.56. The Labute approximate surface area is 146 Å². The average molecular weight is 367 g/mol. The van der Waals surface area contributed by atoms with Crippen molar-refractivity contribution in [3.8, 4) is 0 Å². The standard InChI is InChI=1S/C16H16F3N5O2/c17-16(18,19)11-3-4-13(20-8-11)23-7-5-12(9-23)22-14(25)10-24-15(26)2-1-6-21-24/h1-4,6,8,12H,5,7,9-10H2,(H,22,25). The zero-order chi connectivity index (χ0) is 18.7. The van der Waals surface area contributed by atoms with Crippen molar-refractivity contribution in [2.45, 2.75) is 25.2 Å². The maximum atomic E-state index is 12.6. The van der Waals surface area contributed by atoms with Crippen LogP contribution in [0.15, 0.2) is 41.5 Å². The van der Waals surface area contributed by atoms with Gasteiger partial charge in [-0.3, -0.25) is 9.59 Å². The Morgan fingerprint density at radius 1 is 1.31 bits per heavy atom. The molecule has 1 aliphatic rings. The van der Waals surface area contributed by atoms with Crippen molar-refractivity contribution < 1.29 is 18.0 Å². The van der Waals surface area contributed by atoms with Crippen LogP contribution in [0, 0.1) is 0 Å². The molecule has 2 aromatic heterocycles. The third-order valence-electron chi connectivity index (χ3n) is 4.03. The van der Waals surface area contributed by atoms with E-state index in [-0.39, 0.29) is 24.1 Å². The van der Waals surface area contributed by atoms with Crippen LogP contribution in [0.5, 0.6) is 0 Å². The van der Waals surface area contributed by atoms with Crippen molar-refractivity contribution in [1.82, 2.24) is 20.1 Å². The van der Waals surface area contributed by atoms with Crippen molar-refractivity contribution in [3.63, 3.8) is 0 Å². The second-order valence-electron chi connectivity index (χ2n) is 5.92. The molecule has 1 saturated heterocycles. The zero-order valence-electron chi connectivity index (χ0n) is 13.6. The Bertz CT molecular complexity index is 835. The minimum Gasteiger partial charge on any atom is -0.354 e. The average Bonchev–Trinajstić information content (AvgIpc) is 3.05. The van der Waals surface area contributed by atoms with Crippen LogP contribution in [0.2, 0.25) is 0 Å². The third-order valence-corrected chi connectivity index (χ3v) is 4.03. The lowest BCUT2D eigenvalue weighted by Gasteiger charge is -2.18. The number of pyridine rings is 1. The van der Waals surface area contributed by atoms with Gasteiger partial charge in [0.2, 0.25) is 5.91 Å². The second-order valence-corrected chi connectivity index (χ2v) is 5.92. The molecule has 26 heavy (non-hydrogen) atoms. The molecule has 138 valence electrons. The van der Waals surface area contributed by atoms with Gasteiger partial charge in [0.05, 0.1) is 5.56 Å². The van der Waals surface area contributed by atoms with Crippen LogP contribution < -0.4 is 15.8 Å². The van der Waals surface area contributed by atoms with Gasteiger partial charge in [-0.05, 0) is 24.6 Å². The fraction of sp³-hybridized carbons (Fsp3) is 0.375. The van der Waals surface area contributed by atoms with Gasteiger partial charge in [0.1, 0.15) is 12.4 Å². The number of nitrogens with zero attached hydrogens (tertiary/aromatic N) is 4. The minimum absolute atomic E-state index is 0.175. The quantitative estimate of drug-likeness (QED) is 0.874. The molecule has 0 aromatic carbocycles. The summed E-state index contributed by atoms with van der Waals surface area (Å²) in [5, 5.41) is 6.62. The van der Waals surface area contributed by atoms with Crippen LogP contribution in [0.25, 0.3) is 0 Å². The van der Waals surface area contributed by atoms with E-state index in [1.807, 2.05) is 0 Å². The highest BCUT2D eigenvalue weighted by Crippen LogP contribution is 2.29. The Morgan fingerprint density at radius 3 is 2.77 bits per heavy atom. The topological polar surface area (TPSA) is 80.1 Å². The zero-order valence-corrected chi connectivity index (χ0v) is 13.6. The normalized spacial score (nSPS) is 17.3. The molecule has 2 aromatic rings. The lowest BCUT2D eigenvalue weighted by atomic mass is 10.2. The first kappa shape index (κ1) is 17.9. The summed E-state index contributed by atoms with van der Waals surface area (Å²) in [7, 11) is 0. The van der Waals surface area contributed by atoms with E-state index >= 15 is 0 Å². The second kappa shape index (κ2) is 7.14. The van der Waals surface area contributed by atoms with Gasteiger partial charge < -0.3 is 10.2 Å². The van der Waals surface area contributed by atoms with E-state index in [1.54, 1.807) is 4.90 Å². The number of nitrogens with one attached hydrogen (secondary N) is 1. The smallest absolute Gasteiger partial charge is 0.354 e. The van der Waals surface area contributed by atoms with Crippen molar-refractivity contribution in [3.05, 3.63) is 52.6 Å². The van der Waals surface area contributed by atoms with Crippen LogP contribution in [0.4, 0.5) is 19.0 Å². The van der Waals surface area contributed by atoms with Gasteiger partial charge in [-0.25, -0.2) is 9.67 Å². The van der Waals surface area contributed by atoms with Crippen molar-refractivity contribution in [1.29, 1.82) is 0 Å². The molecule has 3 rings (SSSR count). The molecule has 1 amide bonds. The highest BCUT2D eigenvalue weighted by atomic mass is 19.4. The summed E-state index contributed by atoms with van der Waals surface area (Å²) in [6.07, 6.45) is -1.57. The van der Waals surface area contributed by atoms with Gasteiger partial charge >= 0.3 is 6.18 Å². The molecule has 1 aliphatic heterocycles. The number of carbonyl (C=O) groups is 1. The van der Waals surface area contributed by atoms with E-state index < -0.39 is 11.7 Å². The number of rotatable bonds is 4. The number of hydrogen-bond donors (Lipinski definition) is 1. The lowest BCUT2D eigenvalue weighted by Crippen LogP contribution is -2.40. The predicted molar refractivity (Wildman–Crippen MR) is 86.5 cm³/mol. The summed E-state index contributed by atoms with van der Waals surface area (Å²) in [5.41, 5.74) is -1.17. The Hall–Kier alpha value is -2.91. The summed E-state index contributed by atoms with van der Waals surface area (Å²) in [6.45, 7) is 0.808. The molecule has 0 bridgehead atoms. The molecule has 1 fully saturated rings. The molecule has 0 radical (unpaired) electrons. The number of hydrogen-bond acceptors (Lipinski definition) is 5. The summed E-state index contributed by atoms with van der Waals surface area (Å²) in [4.78, 5) is 29.3. The van der Waals surface area contributed by atoms with E-state index in [1.165, 1.54) is 24.4 Å². The van der Waals surface area contributed by atoms with Gasteiger partial charge in [-0.1, -0.05) is 0 Å². The summed E-state index contributed by atoms with van der Waals surface area (Å²) in [5.74, 6) is 0.0775. The molecule has 1 N–H and O–H groups in total.